The van der Waals surface area contributed by atoms with Gasteiger partial charge in [-0.15, -0.1) is 5.53 Å². The zero-order valence-electron chi connectivity index (χ0n) is 22.7. The van der Waals surface area contributed by atoms with E-state index in [1.807, 2.05) is 0 Å². The van der Waals surface area contributed by atoms with Crippen LogP contribution >= 0.6 is 13.4 Å². The van der Waals surface area contributed by atoms with E-state index in [-0.39, 0.29) is 34.3 Å². The summed E-state index contributed by atoms with van der Waals surface area (Å²) in [5.41, 5.74) is 15.8. The van der Waals surface area contributed by atoms with Gasteiger partial charge in [0.1, 0.15) is 36.1 Å². The first-order valence-corrected chi connectivity index (χ1v) is 18.3. The molecule has 0 saturated carbocycles. The first kappa shape index (κ1) is 32.0. The summed E-state index contributed by atoms with van der Waals surface area (Å²) in [7, 11) is 0. The van der Waals surface area contributed by atoms with Gasteiger partial charge in [-0.1, -0.05) is 0 Å². The van der Waals surface area contributed by atoms with E-state index in [0.29, 0.717) is 0 Å². The second kappa shape index (κ2) is 11.3. The number of nitrogens with two attached hydrogens (primary N) is 2. The van der Waals surface area contributed by atoms with Crippen LogP contribution in [0.5, 0.6) is 0 Å². The molecule has 9 N–H and O–H groups in total. The molecule has 7 rings (SSSR count). The van der Waals surface area contributed by atoms with Gasteiger partial charge in [0.05, 0.1) is 18.6 Å². The predicted molar refractivity (Wildman–Crippen MR) is 158 cm³/mol. The van der Waals surface area contributed by atoms with E-state index in [9.17, 15) is 14.6 Å². The first-order chi connectivity index (χ1) is 21.6. The van der Waals surface area contributed by atoms with Gasteiger partial charge in [0, 0.05) is 6.20 Å². The molecule has 0 amide bonds. The number of hydrazine groups is 2. The van der Waals surface area contributed by atoms with Crippen molar-refractivity contribution >= 4 is 71.4 Å². The highest BCUT2D eigenvalue weighted by Gasteiger charge is 2.63. The number of alkyl halides is 3. The lowest BCUT2D eigenvalue weighted by Crippen LogP contribution is -2.50. The maximum absolute atomic E-state index is 16.0. The van der Waals surface area contributed by atoms with E-state index < -0.39 is 81.2 Å². The lowest BCUT2D eigenvalue weighted by Gasteiger charge is -2.31. The van der Waals surface area contributed by atoms with Gasteiger partial charge in [0.2, 0.25) is 12.2 Å². The number of ether oxygens (including phenoxy) is 2. The molecule has 0 spiro atoms. The summed E-state index contributed by atoms with van der Waals surface area (Å²) in [6.45, 7) is -10.8. The number of hydrogen-bond donors (Lipinski definition) is 7. The van der Waals surface area contributed by atoms with Crippen molar-refractivity contribution in [3.63, 3.8) is 0 Å². The number of rotatable bonds is 2. The van der Waals surface area contributed by atoms with Crippen LogP contribution in [0, 0.1) is 0 Å². The molecule has 2 unspecified atom stereocenters. The quantitative estimate of drug-likeness (QED) is 0.170. The highest BCUT2D eigenvalue weighted by molar-refractivity contribution is 8.07. The molecule has 7 heterocycles. The number of nitrogens with zero attached hydrogens (tertiary/aromatic N) is 5. The van der Waals surface area contributed by atoms with E-state index in [2.05, 4.69) is 30.9 Å². The minimum atomic E-state index is -4.58. The number of aromatic nitrogens is 5. The van der Waals surface area contributed by atoms with Crippen molar-refractivity contribution in [3.8, 4) is 0 Å². The molecule has 3 fully saturated rings. The maximum atomic E-state index is 16.0. The molecule has 26 heteroatoms. The van der Waals surface area contributed by atoms with Gasteiger partial charge in [0.15, 0.2) is 30.0 Å². The SMILES string of the molecule is Nc1nc2c(c(=O)[nH]1)NNN2[C@@H]1O[C@@H]2COP(O)(=S)O[C@@H]3[C@@H](COP(O)(=S)O[C@@H]1[C@H]2F)O[C@@H](n1ccc2c(N)ncnc21)C3(F)F. The fourth-order valence-electron chi connectivity index (χ4n) is 5.37. The maximum Gasteiger partial charge on any atom is 0.325 e. The summed E-state index contributed by atoms with van der Waals surface area (Å²) in [6, 6.07) is 1.40. The standard InChI is InChI=1S/C20H23F3N10O9P2S2/c21-9-7-3-37-44(36,46)42-12-8(40-18(20(12,22)23)32-2-1-6-13(24)26-5-27-14(6)32)4-38-43(35,45)41-11(9)17(39-7)33-15-10(30-31-33)16(34)29-19(25)28-15/h1-2,5,7-9,11-12,17-18,30-31H,3-4H2,(H,35,45)(H,36,46)(H2,24,26,27)(H3,25,28,29,34)/t7-,8-,9+,11-,12-,17-,18-,43?,44?/m1/s1. The van der Waals surface area contributed by atoms with E-state index in [1.165, 1.54) is 12.3 Å². The number of anilines is 4. The summed E-state index contributed by atoms with van der Waals surface area (Å²) in [5, 5.41) is 1.30. The van der Waals surface area contributed by atoms with Crippen LogP contribution in [0.1, 0.15) is 6.23 Å². The Morgan fingerprint density at radius 3 is 2.57 bits per heavy atom. The summed E-state index contributed by atoms with van der Waals surface area (Å²) in [4.78, 5) is 48.3. The molecule has 4 aliphatic rings. The zero-order chi connectivity index (χ0) is 32.8. The normalized spacial score (nSPS) is 37.6. The van der Waals surface area contributed by atoms with Crippen molar-refractivity contribution in [3.05, 3.63) is 28.9 Å². The Kier molecular flexibility index (Phi) is 7.83. The molecule has 3 aromatic rings. The van der Waals surface area contributed by atoms with Crippen molar-refractivity contribution < 1.29 is 50.5 Å². The molecule has 2 bridgehead atoms. The first-order valence-electron chi connectivity index (χ1n) is 13.1. The monoisotopic (exact) mass is 730 g/mol. The average Bonchev–Trinajstić information content (AvgIpc) is 3.71. The molecular weight excluding hydrogens is 707 g/mol. The highest BCUT2D eigenvalue weighted by Crippen LogP contribution is 2.56. The van der Waals surface area contributed by atoms with Crippen LogP contribution in [-0.4, -0.2) is 90.2 Å². The number of hydrogen-bond acceptors (Lipinski definition) is 17. The number of fused-ring (bicyclic) bond motifs is 5. The highest BCUT2D eigenvalue weighted by atomic mass is 32.5. The largest absolute Gasteiger partial charge is 0.383 e. The number of aromatic amines is 1. The second-order valence-corrected chi connectivity index (χ2v) is 15.9. The molecule has 3 aromatic heterocycles. The third kappa shape index (κ3) is 5.45. The number of nitrogens with one attached hydrogen (secondary N) is 3. The molecule has 9 atom stereocenters. The van der Waals surface area contributed by atoms with Crippen LogP contribution in [0.25, 0.3) is 11.0 Å². The summed E-state index contributed by atoms with van der Waals surface area (Å²) in [5.74, 6) is -4.32. The summed E-state index contributed by atoms with van der Waals surface area (Å²) >= 11 is 10.1. The van der Waals surface area contributed by atoms with Crippen molar-refractivity contribution in [1.29, 1.82) is 0 Å². The van der Waals surface area contributed by atoms with Crippen LogP contribution in [0.15, 0.2) is 23.4 Å². The van der Waals surface area contributed by atoms with Crippen molar-refractivity contribution in [2.24, 2.45) is 0 Å². The second-order valence-electron chi connectivity index (χ2n) is 10.3. The molecule has 250 valence electrons. The molecule has 4 aliphatic heterocycles. The van der Waals surface area contributed by atoms with E-state index >= 15 is 13.2 Å². The molecule has 46 heavy (non-hydrogen) atoms. The number of halogens is 3. The molecule has 3 saturated heterocycles. The fourth-order valence-corrected chi connectivity index (χ4v) is 8.20. The fraction of sp³-hybridized carbons (Fsp3) is 0.500. The van der Waals surface area contributed by atoms with Crippen LogP contribution < -0.4 is 33.0 Å². The van der Waals surface area contributed by atoms with Crippen molar-refractivity contribution in [2.45, 2.75) is 49.0 Å². The van der Waals surface area contributed by atoms with E-state index in [0.717, 1.165) is 15.9 Å². The van der Waals surface area contributed by atoms with Crippen LogP contribution in [0.2, 0.25) is 0 Å². The molecular formula is C20H23F3N10O9P2S2. The molecule has 0 aliphatic carbocycles. The van der Waals surface area contributed by atoms with Gasteiger partial charge in [-0.2, -0.15) is 13.8 Å². The topological polar surface area (TPSA) is 252 Å². The zero-order valence-corrected chi connectivity index (χ0v) is 26.1. The van der Waals surface area contributed by atoms with Crippen LogP contribution in [0.4, 0.5) is 36.4 Å². The van der Waals surface area contributed by atoms with Gasteiger partial charge >= 0.3 is 19.4 Å². The molecule has 0 radical (unpaired) electrons. The van der Waals surface area contributed by atoms with Crippen molar-refractivity contribution in [2.75, 3.05) is 35.1 Å². The Bertz CT molecular complexity index is 1860. The minimum Gasteiger partial charge on any atom is -0.383 e. The third-order valence-corrected chi connectivity index (χ3v) is 10.5. The Morgan fingerprint density at radius 1 is 1.09 bits per heavy atom. The minimum absolute atomic E-state index is 0.000705. The third-order valence-electron chi connectivity index (χ3n) is 7.42. The Labute approximate surface area is 264 Å². The van der Waals surface area contributed by atoms with Gasteiger partial charge in [-0.05, 0) is 29.7 Å². The molecule has 19 nitrogen and oxygen atoms in total. The van der Waals surface area contributed by atoms with Gasteiger partial charge < -0.3 is 44.3 Å². The lowest BCUT2D eigenvalue weighted by molar-refractivity contribution is -0.135. The van der Waals surface area contributed by atoms with E-state index in [1.54, 1.807) is 0 Å². The lowest BCUT2D eigenvalue weighted by atomic mass is 10.1. The summed E-state index contributed by atoms with van der Waals surface area (Å²) in [6.07, 6.45) is -10.9. The van der Waals surface area contributed by atoms with Gasteiger partial charge in [-0.25, -0.2) is 19.4 Å². The Balaban J connectivity index is 1.20. The van der Waals surface area contributed by atoms with E-state index in [4.69, 9.17) is 62.6 Å². The number of nitrogen functional groups attached to an aromatic ring is 2. The predicted octanol–water partition coefficient (Wildman–Crippen LogP) is -0.123. The smallest absolute Gasteiger partial charge is 0.325 e. The Hall–Kier alpha value is -2.57. The van der Waals surface area contributed by atoms with Crippen LogP contribution in [-0.2, 0) is 51.2 Å². The van der Waals surface area contributed by atoms with Crippen LogP contribution in [0.3, 0.4) is 0 Å². The van der Waals surface area contributed by atoms with Gasteiger partial charge in [-0.3, -0.25) is 24.3 Å². The average molecular weight is 731 g/mol. The molecule has 0 aromatic carbocycles. The summed E-state index contributed by atoms with van der Waals surface area (Å²) < 4.78 is 81.7. The van der Waals surface area contributed by atoms with Crippen molar-refractivity contribution in [1.82, 2.24) is 30.0 Å². The Morgan fingerprint density at radius 2 is 1.80 bits per heavy atom. The number of H-pyrrole nitrogens is 1. The van der Waals surface area contributed by atoms with Gasteiger partial charge in [0.25, 0.3) is 5.56 Å².